The number of piperazine rings is 1. The molecule has 2 rings (SSSR count). The number of amides is 2. The van der Waals surface area contributed by atoms with E-state index in [1.54, 1.807) is 7.11 Å². The van der Waals surface area contributed by atoms with E-state index < -0.39 is 0 Å². The van der Waals surface area contributed by atoms with Crippen LogP contribution < -0.4 is 5.32 Å². The third-order valence-corrected chi connectivity index (χ3v) is 3.91. The van der Waals surface area contributed by atoms with Crippen molar-refractivity contribution in [2.75, 3.05) is 33.8 Å². The van der Waals surface area contributed by atoms with Crippen LogP contribution in [0.5, 0.6) is 0 Å². The zero-order chi connectivity index (χ0) is 16.1. The summed E-state index contributed by atoms with van der Waals surface area (Å²) in [5.41, 5.74) is 0. The zero-order valence-corrected chi connectivity index (χ0v) is 13.8. The van der Waals surface area contributed by atoms with Gasteiger partial charge in [-0.15, -0.1) is 0 Å². The van der Waals surface area contributed by atoms with Crippen molar-refractivity contribution in [3.63, 3.8) is 0 Å². The average molecular weight is 310 g/mol. The number of aromatic nitrogens is 3. The maximum absolute atomic E-state index is 12.4. The van der Waals surface area contributed by atoms with Gasteiger partial charge in [0.1, 0.15) is 12.4 Å². The van der Waals surface area contributed by atoms with Crippen molar-refractivity contribution in [2.45, 2.75) is 33.0 Å². The highest BCUT2D eigenvalue weighted by atomic mass is 16.5. The number of carbonyl (C=O) groups is 1. The van der Waals surface area contributed by atoms with Gasteiger partial charge in [0, 0.05) is 32.8 Å². The Bertz CT molecular complexity index is 489. The second-order valence-corrected chi connectivity index (χ2v) is 6.06. The fourth-order valence-electron chi connectivity index (χ4n) is 2.64. The predicted octanol–water partition coefficient (Wildman–Crippen LogP) is 0.433. The maximum atomic E-state index is 12.4. The molecule has 2 amide bonds. The molecule has 2 heterocycles. The molecule has 1 fully saturated rings. The van der Waals surface area contributed by atoms with Gasteiger partial charge >= 0.3 is 6.03 Å². The molecule has 0 radical (unpaired) electrons. The van der Waals surface area contributed by atoms with Crippen LogP contribution in [0.3, 0.4) is 0 Å². The van der Waals surface area contributed by atoms with Crippen molar-refractivity contribution in [1.82, 2.24) is 30.3 Å². The van der Waals surface area contributed by atoms with Crippen LogP contribution in [0.4, 0.5) is 4.79 Å². The van der Waals surface area contributed by atoms with Gasteiger partial charge in [0.15, 0.2) is 5.82 Å². The molecule has 1 aliphatic heterocycles. The zero-order valence-electron chi connectivity index (χ0n) is 13.8. The summed E-state index contributed by atoms with van der Waals surface area (Å²) < 4.78 is 4.97. The van der Waals surface area contributed by atoms with E-state index in [1.165, 1.54) is 0 Å². The summed E-state index contributed by atoms with van der Waals surface area (Å²) in [4.78, 5) is 20.9. The molecule has 1 aromatic rings. The summed E-state index contributed by atoms with van der Waals surface area (Å²) in [7, 11) is 3.69. The largest absolute Gasteiger partial charge is 0.377 e. The van der Waals surface area contributed by atoms with Crippen LogP contribution in [0.2, 0.25) is 0 Å². The number of ether oxygens (including phenoxy) is 1. The van der Waals surface area contributed by atoms with Crippen LogP contribution in [0.15, 0.2) is 0 Å². The lowest BCUT2D eigenvalue weighted by Gasteiger charge is -2.42. The van der Waals surface area contributed by atoms with E-state index >= 15 is 0 Å². The van der Waals surface area contributed by atoms with Crippen molar-refractivity contribution in [2.24, 2.45) is 5.92 Å². The van der Waals surface area contributed by atoms with Crippen LogP contribution in [0.25, 0.3) is 0 Å². The summed E-state index contributed by atoms with van der Waals surface area (Å²) in [6, 6.07) is 0.189. The quantitative estimate of drug-likeness (QED) is 0.824. The summed E-state index contributed by atoms with van der Waals surface area (Å²) >= 11 is 0. The van der Waals surface area contributed by atoms with Gasteiger partial charge in [-0.1, -0.05) is 13.8 Å². The number of methoxy groups -OCH3 is 1. The number of nitrogens with zero attached hydrogens (tertiary/aromatic N) is 4. The monoisotopic (exact) mass is 310 g/mol. The molecule has 2 N–H and O–H groups in total. The Morgan fingerprint density at radius 3 is 2.95 bits per heavy atom. The number of rotatable bonds is 5. The normalized spacial score (nSPS) is 19.7. The number of likely N-dealkylation sites (N-methyl/N-ethyl adjacent to an activating group) is 1. The molecule has 0 spiro atoms. The molecule has 1 aromatic heterocycles. The molecule has 0 aromatic carbocycles. The molecule has 1 saturated heterocycles. The molecule has 8 heteroatoms. The van der Waals surface area contributed by atoms with E-state index in [9.17, 15) is 4.79 Å². The number of carbonyl (C=O) groups excluding carboxylic acids is 1. The van der Waals surface area contributed by atoms with E-state index in [0.29, 0.717) is 30.7 Å². The summed E-state index contributed by atoms with van der Waals surface area (Å²) in [5, 5.41) is 9.74. The second-order valence-electron chi connectivity index (χ2n) is 6.06. The summed E-state index contributed by atoms with van der Waals surface area (Å²) in [6.07, 6.45) is 0. The summed E-state index contributed by atoms with van der Waals surface area (Å²) in [5.74, 6) is 1.65. The molecule has 1 aliphatic rings. The Balaban J connectivity index is 1.89. The summed E-state index contributed by atoms with van der Waals surface area (Å²) in [6.45, 7) is 7.55. The van der Waals surface area contributed by atoms with E-state index in [4.69, 9.17) is 4.74 Å². The minimum atomic E-state index is -0.0449. The molecular formula is C14H26N6O2. The van der Waals surface area contributed by atoms with Gasteiger partial charge in [-0.2, -0.15) is 5.10 Å². The highest BCUT2D eigenvalue weighted by Gasteiger charge is 2.30. The van der Waals surface area contributed by atoms with Crippen LogP contribution in [-0.2, 0) is 17.9 Å². The van der Waals surface area contributed by atoms with Crippen molar-refractivity contribution < 1.29 is 9.53 Å². The molecule has 1 unspecified atom stereocenters. The lowest BCUT2D eigenvalue weighted by molar-refractivity contribution is 0.0853. The fourth-order valence-corrected chi connectivity index (χ4v) is 2.64. The lowest BCUT2D eigenvalue weighted by Crippen LogP contribution is -2.58. The van der Waals surface area contributed by atoms with E-state index in [-0.39, 0.29) is 12.1 Å². The Morgan fingerprint density at radius 1 is 1.50 bits per heavy atom. The van der Waals surface area contributed by atoms with Gasteiger partial charge in [-0.3, -0.25) is 5.10 Å². The first-order chi connectivity index (χ1) is 10.5. The maximum Gasteiger partial charge on any atom is 0.318 e. The molecule has 1 atom stereocenters. The number of urea groups is 1. The molecule has 0 bridgehead atoms. The Morgan fingerprint density at radius 2 is 2.27 bits per heavy atom. The smallest absolute Gasteiger partial charge is 0.318 e. The predicted molar refractivity (Wildman–Crippen MR) is 82.2 cm³/mol. The van der Waals surface area contributed by atoms with Crippen LogP contribution in [-0.4, -0.2) is 70.8 Å². The first-order valence-electron chi connectivity index (χ1n) is 7.63. The van der Waals surface area contributed by atoms with E-state index in [2.05, 4.69) is 46.3 Å². The molecular weight excluding hydrogens is 284 g/mol. The van der Waals surface area contributed by atoms with Gasteiger partial charge in [0.25, 0.3) is 0 Å². The molecule has 8 nitrogen and oxygen atoms in total. The molecule has 0 aliphatic carbocycles. The first-order valence-corrected chi connectivity index (χ1v) is 7.63. The minimum absolute atomic E-state index is 0.0449. The topological polar surface area (TPSA) is 86.4 Å². The second kappa shape index (κ2) is 7.55. The molecule has 124 valence electrons. The average Bonchev–Trinajstić information content (AvgIpc) is 2.92. The highest BCUT2D eigenvalue weighted by molar-refractivity contribution is 5.74. The van der Waals surface area contributed by atoms with E-state index in [1.807, 2.05) is 4.90 Å². The SMILES string of the molecule is COCc1n[nH]c(CNC(=O)N2CCN(C)CC2C(C)C)n1. The van der Waals surface area contributed by atoms with Crippen molar-refractivity contribution in [3.8, 4) is 0 Å². The Hall–Kier alpha value is -1.67. The van der Waals surface area contributed by atoms with Gasteiger partial charge in [0.05, 0.1) is 6.54 Å². The van der Waals surface area contributed by atoms with E-state index in [0.717, 1.165) is 19.6 Å². The number of nitrogens with one attached hydrogen (secondary N) is 2. The van der Waals surface area contributed by atoms with Crippen molar-refractivity contribution >= 4 is 6.03 Å². The first kappa shape index (κ1) is 16.7. The third kappa shape index (κ3) is 4.17. The minimum Gasteiger partial charge on any atom is -0.377 e. The lowest BCUT2D eigenvalue weighted by atomic mass is 10.0. The number of H-pyrrole nitrogens is 1. The van der Waals surface area contributed by atoms with Gasteiger partial charge in [-0.25, -0.2) is 9.78 Å². The van der Waals surface area contributed by atoms with Crippen LogP contribution >= 0.6 is 0 Å². The Kier molecular flexibility index (Phi) is 5.73. The van der Waals surface area contributed by atoms with Crippen molar-refractivity contribution in [3.05, 3.63) is 11.6 Å². The third-order valence-electron chi connectivity index (χ3n) is 3.91. The van der Waals surface area contributed by atoms with Gasteiger partial charge < -0.3 is 19.9 Å². The number of hydrogen-bond acceptors (Lipinski definition) is 5. The fraction of sp³-hybridized carbons (Fsp3) is 0.786. The van der Waals surface area contributed by atoms with Gasteiger partial charge in [-0.05, 0) is 13.0 Å². The van der Waals surface area contributed by atoms with Crippen molar-refractivity contribution in [1.29, 1.82) is 0 Å². The van der Waals surface area contributed by atoms with Crippen LogP contribution in [0.1, 0.15) is 25.5 Å². The number of aromatic amines is 1. The highest BCUT2D eigenvalue weighted by Crippen LogP contribution is 2.16. The van der Waals surface area contributed by atoms with Gasteiger partial charge in [0.2, 0.25) is 0 Å². The van der Waals surface area contributed by atoms with Crippen LogP contribution in [0, 0.1) is 5.92 Å². The molecule has 22 heavy (non-hydrogen) atoms. The Labute approximate surface area is 131 Å². The number of hydrogen-bond donors (Lipinski definition) is 2. The molecule has 0 saturated carbocycles. The standard InChI is InChI=1S/C14H26N6O2/c1-10(2)11-8-19(3)5-6-20(11)14(21)15-7-12-16-13(9-22-4)18-17-12/h10-11H,5-9H2,1-4H3,(H,15,21)(H,16,17,18).